The van der Waals surface area contributed by atoms with E-state index in [1.807, 2.05) is 18.2 Å². The van der Waals surface area contributed by atoms with Crippen LogP contribution in [-0.4, -0.2) is 28.4 Å². The largest absolute Gasteiger partial charge is 0.451 e. The Labute approximate surface area is 147 Å². The summed E-state index contributed by atoms with van der Waals surface area (Å²) in [6.07, 6.45) is 0. The molecule has 26 heavy (non-hydrogen) atoms. The number of fused-ring (bicyclic) bond motifs is 1. The van der Waals surface area contributed by atoms with Crippen LogP contribution in [-0.2, 0) is 9.53 Å². The molecule has 0 aliphatic carbocycles. The van der Waals surface area contributed by atoms with Gasteiger partial charge in [-0.25, -0.2) is 9.78 Å². The first-order chi connectivity index (χ1) is 12.5. The summed E-state index contributed by atoms with van der Waals surface area (Å²) in [5, 5.41) is 14.0. The summed E-state index contributed by atoms with van der Waals surface area (Å²) in [5.41, 5.74) is 1.03. The molecule has 0 atom stereocenters. The van der Waals surface area contributed by atoms with E-state index in [2.05, 4.69) is 10.3 Å². The van der Waals surface area contributed by atoms with Crippen LogP contribution >= 0.6 is 0 Å². The van der Waals surface area contributed by atoms with Crippen molar-refractivity contribution in [3.8, 4) is 0 Å². The maximum Gasteiger partial charge on any atom is 0.357 e. The number of ether oxygens (including phenoxy) is 1. The topological polar surface area (TPSA) is 111 Å². The highest BCUT2D eigenvalue weighted by molar-refractivity contribution is 5.95. The fourth-order valence-electron chi connectivity index (χ4n) is 2.25. The van der Waals surface area contributed by atoms with Crippen molar-refractivity contribution < 1.29 is 19.2 Å². The van der Waals surface area contributed by atoms with E-state index in [1.165, 1.54) is 30.3 Å². The Morgan fingerprint density at radius 2 is 1.77 bits per heavy atom. The minimum Gasteiger partial charge on any atom is -0.451 e. The van der Waals surface area contributed by atoms with Gasteiger partial charge in [0.2, 0.25) is 0 Å². The molecule has 0 saturated carbocycles. The van der Waals surface area contributed by atoms with Gasteiger partial charge in [0, 0.05) is 23.2 Å². The molecule has 2 aromatic carbocycles. The molecule has 1 heterocycles. The zero-order valence-electron chi connectivity index (χ0n) is 13.4. The average Bonchev–Trinajstić information content (AvgIpc) is 2.66. The SMILES string of the molecule is O=C(COC(=O)c1ccc2ccccc2n1)Nc1ccc([N+](=O)[O-])cc1. The first-order valence-electron chi connectivity index (χ1n) is 7.60. The molecule has 0 saturated heterocycles. The molecule has 0 unspecified atom stereocenters. The van der Waals surface area contributed by atoms with Gasteiger partial charge < -0.3 is 10.1 Å². The van der Waals surface area contributed by atoms with E-state index >= 15 is 0 Å². The predicted octanol–water partition coefficient (Wildman–Crippen LogP) is 2.94. The highest BCUT2D eigenvalue weighted by atomic mass is 16.6. The zero-order valence-corrected chi connectivity index (χ0v) is 13.4. The van der Waals surface area contributed by atoms with E-state index in [4.69, 9.17) is 4.74 Å². The van der Waals surface area contributed by atoms with Gasteiger partial charge in [-0.05, 0) is 24.3 Å². The van der Waals surface area contributed by atoms with Crippen LogP contribution in [0.25, 0.3) is 10.9 Å². The Morgan fingerprint density at radius 1 is 1.04 bits per heavy atom. The highest BCUT2D eigenvalue weighted by Gasteiger charge is 2.13. The van der Waals surface area contributed by atoms with Crippen molar-refractivity contribution in [3.05, 3.63) is 76.5 Å². The molecule has 130 valence electrons. The maximum atomic E-state index is 12.0. The zero-order chi connectivity index (χ0) is 18.5. The molecule has 3 rings (SSSR count). The standard InChI is InChI=1S/C18H13N3O5/c22-17(19-13-6-8-14(9-7-13)21(24)25)11-26-18(23)16-10-5-12-3-1-2-4-15(12)20-16/h1-10H,11H2,(H,19,22). The molecule has 0 aliphatic rings. The lowest BCUT2D eigenvalue weighted by atomic mass is 10.2. The third kappa shape index (κ3) is 3.99. The number of nitrogens with one attached hydrogen (secondary N) is 1. The minimum atomic E-state index is -0.713. The van der Waals surface area contributed by atoms with E-state index in [-0.39, 0.29) is 11.4 Å². The Morgan fingerprint density at radius 3 is 2.50 bits per heavy atom. The van der Waals surface area contributed by atoms with Crippen LogP contribution in [0.4, 0.5) is 11.4 Å². The van der Waals surface area contributed by atoms with Gasteiger partial charge in [-0.1, -0.05) is 24.3 Å². The van der Waals surface area contributed by atoms with Gasteiger partial charge in [0.05, 0.1) is 10.4 Å². The number of carbonyl (C=O) groups excluding carboxylic acids is 2. The second-order valence-corrected chi connectivity index (χ2v) is 5.32. The molecule has 0 fully saturated rings. The van der Waals surface area contributed by atoms with Gasteiger partial charge in [-0.2, -0.15) is 0 Å². The Kier molecular flexibility index (Phi) is 4.84. The number of amides is 1. The summed E-state index contributed by atoms with van der Waals surface area (Å²) in [6.45, 7) is -0.496. The summed E-state index contributed by atoms with van der Waals surface area (Å²) < 4.78 is 4.95. The first kappa shape index (κ1) is 17.0. The molecule has 0 aliphatic heterocycles. The van der Waals surface area contributed by atoms with Gasteiger partial charge in [0.25, 0.3) is 11.6 Å². The predicted molar refractivity (Wildman–Crippen MR) is 93.8 cm³/mol. The van der Waals surface area contributed by atoms with Crippen LogP contribution in [0.2, 0.25) is 0 Å². The number of nitro benzene ring substituents is 1. The number of anilines is 1. The number of hydrogen-bond acceptors (Lipinski definition) is 6. The number of non-ortho nitro benzene ring substituents is 1. The lowest BCUT2D eigenvalue weighted by Gasteiger charge is -2.07. The molecule has 8 nitrogen and oxygen atoms in total. The number of aromatic nitrogens is 1. The lowest BCUT2D eigenvalue weighted by Crippen LogP contribution is -2.21. The summed E-state index contributed by atoms with van der Waals surface area (Å²) in [5.74, 6) is -1.28. The third-order valence-corrected chi connectivity index (χ3v) is 3.50. The Hall–Kier alpha value is -3.81. The van der Waals surface area contributed by atoms with Crippen molar-refractivity contribution in [1.29, 1.82) is 0 Å². The fourth-order valence-corrected chi connectivity index (χ4v) is 2.25. The van der Waals surface area contributed by atoms with E-state index in [0.29, 0.717) is 11.2 Å². The van der Waals surface area contributed by atoms with Gasteiger partial charge in [0.1, 0.15) is 5.69 Å². The number of nitrogens with zero attached hydrogens (tertiary/aromatic N) is 2. The number of nitro groups is 1. The van der Waals surface area contributed by atoms with Crippen molar-refractivity contribution in [3.63, 3.8) is 0 Å². The van der Waals surface area contributed by atoms with Crippen LogP contribution in [0.15, 0.2) is 60.7 Å². The number of esters is 1. The number of hydrogen-bond donors (Lipinski definition) is 1. The van der Waals surface area contributed by atoms with E-state index in [1.54, 1.807) is 12.1 Å². The van der Waals surface area contributed by atoms with Gasteiger partial charge in [-0.15, -0.1) is 0 Å². The molecule has 3 aromatic rings. The number of pyridine rings is 1. The molecule has 1 aromatic heterocycles. The number of benzene rings is 2. The quantitative estimate of drug-likeness (QED) is 0.430. The minimum absolute atomic E-state index is 0.0863. The molecule has 1 amide bonds. The van der Waals surface area contributed by atoms with Crippen LogP contribution in [0.1, 0.15) is 10.5 Å². The maximum absolute atomic E-state index is 12.0. The number of carbonyl (C=O) groups is 2. The summed E-state index contributed by atoms with van der Waals surface area (Å²) in [6, 6.07) is 15.9. The normalized spacial score (nSPS) is 10.3. The summed E-state index contributed by atoms with van der Waals surface area (Å²) >= 11 is 0. The summed E-state index contributed by atoms with van der Waals surface area (Å²) in [4.78, 5) is 38.1. The van der Waals surface area contributed by atoms with Crippen molar-refractivity contribution in [1.82, 2.24) is 4.98 Å². The second kappa shape index (κ2) is 7.39. The van der Waals surface area contributed by atoms with Crippen molar-refractivity contribution in [2.45, 2.75) is 0 Å². The number of para-hydroxylation sites is 1. The molecule has 0 spiro atoms. The van der Waals surface area contributed by atoms with Crippen molar-refractivity contribution in [2.24, 2.45) is 0 Å². The highest BCUT2D eigenvalue weighted by Crippen LogP contribution is 2.15. The molecular formula is C18H13N3O5. The van der Waals surface area contributed by atoms with E-state index in [9.17, 15) is 19.7 Å². The van der Waals surface area contributed by atoms with Crippen LogP contribution < -0.4 is 5.32 Å². The molecular weight excluding hydrogens is 338 g/mol. The van der Waals surface area contributed by atoms with E-state index < -0.39 is 23.4 Å². The first-order valence-corrected chi connectivity index (χ1v) is 7.60. The molecule has 0 bridgehead atoms. The fraction of sp³-hybridized carbons (Fsp3) is 0.0556. The third-order valence-electron chi connectivity index (χ3n) is 3.50. The lowest BCUT2D eigenvalue weighted by molar-refractivity contribution is -0.384. The van der Waals surface area contributed by atoms with Crippen molar-refractivity contribution in [2.75, 3.05) is 11.9 Å². The van der Waals surface area contributed by atoms with Gasteiger partial charge in [-0.3, -0.25) is 14.9 Å². The second-order valence-electron chi connectivity index (χ2n) is 5.32. The Bertz CT molecular complexity index is 986. The van der Waals surface area contributed by atoms with Crippen LogP contribution in [0, 0.1) is 10.1 Å². The van der Waals surface area contributed by atoms with Crippen LogP contribution in [0.3, 0.4) is 0 Å². The smallest absolute Gasteiger partial charge is 0.357 e. The summed E-state index contributed by atoms with van der Waals surface area (Å²) in [7, 11) is 0. The molecule has 8 heteroatoms. The number of rotatable bonds is 5. The van der Waals surface area contributed by atoms with E-state index in [0.717, 1.165) is 5.39 Å². The Balaban J connectivity index is 1.57. The molecule has 1 N–H and O–H groups in total. The van der Waals surface area contributed by atoms with Gasteiger partial charge in [0.15, 0.2) is 6.61 Å². The average molecular weight is 351 g/mol. The van der Waals surface area contributed by atoms with Crippen LogP contribution in [0.5, 0.6) is 0 Å². The monoisotopic (exact) mass is 351 g/mol. The van der Waals surface area contributed by atoms with Crippen molar-refractivity contribution >= 4 is 34.2 Å². The molecule has 0 radical (unpaired) electrons. The van der Waals surface area contributed by atoms with Gasteiger partial charge >= 0.3 is 5.97 Å².